The lowest BCUT2D eigenvalue weighted by Crippen LogP contribution is -2.52. The summed E-state index contributed by atoms with van der Waals surface area (Å²) in [6.45, 7) is 5.86. The van der Waals surface area contributed by atoms with E-state index in [0.29, 0.717) is 6.54 Å². The SMILES string of the molecule is CC(C)O[C@H]1C[C@H](S(N)(=O)=O)CN(c2ncc(F)c(CC(C)O[C@@H]3C[C@@H](S(N)(=O)=O)CN(c4ncc(F)cn4)C3)n2)C1. The number of anilines is 2. The largest absolute Gasteiger partial charge is 0.374 e. The van der Waals surface area contributed by atoms with Crippen LogP contribution in [0.2, 0.25) is 0 Å². The smallest absolute Gasteiger partial charge is 0.225 e. The molecule has 4 heterocycles. The number of sulfonamides is 2. The third-order valence-corrected chi connectivity index (χ3v) is 9.56. The van der Waals surface area contributed by atoms with Crippen molar-refractivity contribution in [3.8, 4) is 0 Å². The molecule has 2 fully saturated rings. The van der Waals surface area contributed by atoms with Crippen molar-refractivity contribution in [1.29, 1.82) is 0 Å². The Morgan fingerprint density at radius 1 is 0.833 bits per heavy atom. The number of piperidine rings is 2. The molecule has 4 N–H and O–H groups in total. The van der Waals surface area contributed by atoms with Crippen molar-refractivity contribution in [3.63, 3.8) is 0 Å². The predicted molar refractivity (Wildman–Crippen MR) is 149 cm³/mol. The Hall–Kier alpha value is -2.64. The molecule has 0 spiro atoms. The van der Waals surface area contributed by atoms with E-state index in [0.717, 1.165) is 18.6 Å². The first kappa shape index (κ1) is 32.3. The summed E-state index contributed by atoms with van der Waals surface area (Å²) < 4.78 is 88.9. The minimum Gasteiger partial charge on any atom is -0.374 e. The Bertz CT molecular complexity index is 1450. The molecule has 2 aliphatic heterocycles. The predicted octanol–water partition coefficient (Wildman–Crippen LogP) is 0.0892. The number of ether oxygens (including phenoxy) is 2. The molecule has 234 valence electrons. The number of nitrogens with zero attached hydrogens (tertiary/aromatic N) is 6. The normalized spacial score (nSPS) is 24.7. The summed E-state index contributed by atoms with van der Waals surface area (Å²) in [5, 5.41) is 8.97. The van der Waals surface area contributed by atoms with Crippen molar-refractivity contribution >= 4 is 31.9 Å². The number of rotatable bonds is 10. The third kappa shape index (κ3) is 8.47. The van der Waals surface area contributed by atoms with Gasteiger partial charge in [-0.05, 0) is 33.6 Å². The van der Waals surface area contributed by atoms with Crippen LogP contribution in [0.25, 0.3) is 0 Å². The summed E-state index contributed by atoms with van der Waals surface area (Å²) in [5.74, 6) is -1.08. The monoisotopic (exact) mass is 634 g/mol. The zero-order valence-electron chi connectivity index (χ0n) is 23.5. The van der Waals surface area contributed by atoms with E-state index in [1.807, 2.05) is 13.8 Å². The maximum Gasteiger partial charge on any atom is 0.225 e. The molecule has 0 aromatic carbocycles. The quantitative estimate of drug-likeness (QED) is 0.358. The maximum absolute atomic E-state index is 14.8. The summed E-state index contributed by atoms with van der Waals surface area (Å²) in [6.07, 6.45) is 1.37. The van der Waals surface area contributed by atoms with E-state index in [-0.39, 0.29) is 62.6 Å². The highest BCUT2D eigenvalue weighted by atomic mass is 32.2. The summed E-state index contributed by atoms with van der Waals surface area (Å²) in [7, 11) is -7.84. The highest BCUT2D eigenvalue weighted by Crippen LogP contribution is 2.26. The lowest BCUT2D eigenvalue weighted by molar-refractivity contribution is -0.00844. The molecule has 2 aromatic rings. The lowest BCUT2D eigenvalue weighted by atomic mass is 10.1. The molecule has 1 unspecified atom stereocenters. The van der Waals surface area contributed by atoms with E-state index in [1.54, 1.807) is 16.7 Å². The minimum absolute atomic E-state index is 0.000524. The number of halogens is 2. The Labute approximate surface area is 243 Å². The number of aromatic nitrogens is 4. The van der Waals surface area contributed by atoms with Gasteiger partial charge in [0.2, 0.25) is 31.9 Å². The molecule has 0 bridgehead atoms. The van der Waals surface area contributed by atoms with Gasteiger partial charge in [-0.15, -0.1) is 0 Å². The summed E-state index contributed by atoms with van der Waals surface area (Å²) in [6, 6.07) is 0. The van der Waals surface area contributed by atoms with Gasteiger partial charge in [0.1, 0.15) is 0 Å². The maximum atomic E-state index is 14.8. The van der Waals surface area contributed by atoms with Gasteiger partial charge in [0, 0.05) is 32.6 Å². The van der Waals surface area contributed by atoms with Crippen molar-refractivity contribution < 1.29 is 35.1 Å². The van der Waals surface area contributed by atoms with Gasteiger partial charge in [-0.1, -0.05) is 0 Å². The van der Waals surface area contributed by atoms with Gasteiger partial charge in [0.15, 0.2) is 11.6 Å². The van der Waals surface area contributed by atoms with Crippen LogP contribution in [0.4, 0.5) is 20.7 Å². The van der Waals surface area contributed by atoms with Crippen LogP contribution in [0.15, 0.2) is 18.6 Å². The molecular formula is C24H36F2N8O6S2. The second kappa shape index (κ2) is 12.9. The first-order chi connectivity index (χ1) is 19.6. The van der Waals surface area contributed by atoms with Crippen molar-refractivity contribution in [2.24, 2.45) is 10.3 Å². The van der Waals surface area contributed by atoms with Crippen LogP contribution >= 0.6 is 0 Å². The second-order valence-electron chi connectivity index (χ2n) is 10.9. The first-order valence-electron chi connectivity index (χ1n) is 13.4. The van der Waals surface area contributed by atoms with Crippen molar-refractivity contribution in [3.05, 3.63) is 35.9 Å². The molecular weight excluding hydrogens is 598 g/mol. The van der Waals surface area contributed by atoms with E-state index in [9.17, 15) is 25.6 Å². The van der Waals surface area contributed by atoms with Crippen molar-refractivity contribution in [2.45, 2.75) is 74.9 Å². The zero-order chi connectivity index (χ0) is 30.8. The molecule has 0 radical (unpaired) electrons. The van der Waals surface area contributed by atoms with E-state index in [1.165, 1.54) is 0 Å². The molecule has 0 aliphatic carbocycles. The standard InChI is InChI=1S/C24H36F2N8O6S2/c1-14(2)39-17-5-19(41(27,35)36)13-34(10-17)24-31-9-21(26)22(32-24)4-15(3)40-18-6-20(42(28,37)38)12-33(11-18)23-29-7-16(25)8-30-23/h7-9,14-15,17-20H,4-6,10-13H2,1-3H3,(H2,27,35,36)(H2,28,37,38)/t15?,17-,18+,19-,20+/m0/s1. The van der Waals surface area contributed by atoms with Crippen LogP contribution in [-0.2, 0) is 35.9 Å². The molecule has 2 saturated heterocycles. The molecule has 2 aromatic heterocycles. The minimum atomic E-state index is -3.95. The van der Waals surface area contributed by atoms with Gasteiger partial charge in [0.05, 0.1) is 59.2 Å². The van der Waals surface area contributed by atoms with Gasteiger partial charge in [-0.2, -0.15) is 0 Å². The first-order valence-corrected chi connectivity index (χ1v) is 16.6. The van der Waals surface area contributed by atoms with Crippen molar-refractivity contribution in [1.82, 2.24) is 19.9 Å². The topological polar surface area (TPSA) is 197 Å². The van der Waals surface area contributed by atoms with Gasteiger partial charge in [0.25, 0.3) is 0 Å². The van der Waals surface area contributed by atoms with Crippen LogP contribution < -0.4 is 20.1 Å². The highest BCUT2D eigenvalue weighted by molar-refractivity contribution is 7.90. The Kier molecular flexibility index (Phi) is 9.93. The summed E-state index contributed by atoms with van der Waals surface area (Å²) in [5.41, 5.74) is 0.0316. The van der Waals surface area contributed by atoms with Gasteiger partial charge < -0.3 is 19.3 Å². The lowest BCUT2D eigenvalue weighted by Gasteiger charge is -2.38. The second-order valence-corrected chi connectivity index (χ2v) is 14.6. The van der Waals surface area contributed by atoms with Crippen LogP contribution in [-0.4, -0.2) is 97.9 Å². The summed E-state index contributed by atoms with van der Waals surface area (Å²) in [4.78, 5) is 19.5. The van der Waals surface area contributed by atoms with Gasteiger partial charge in [-0.25, -0.2) is 55.8 Å². The van der Waals surface area contributed by atoms with E-state index in [4.69, 9.17) is 19.8 Å². The average molecular weight is 635 g/mol. The molecule has 14 nitrogen and oxygen atoms in total. The molecule has 18 heteroatoms. The van der Waals surface area contributed by atoms with Crippen molar-refractivity contribution in [2.75, 3.05) is 36.0 Å². The summed E-state index contributed by atoms with van der Waals surface area (Å²) >= 11 is 0. The van der Waals surface area contributed by atoms with Crippen LogP contribution in [0.5, 0.6) is 0 Å². The number of hydrogen-bond donors (Lipinski definition) is 2. The number of hydrogen-bond acceptors (Lipinski definition) is 12. The highest BCUT2D eigenvalue weighted by Gasteiger charge is 2.37. The Morgan fingerprint density at radius 2 is 1.33 bits per heavy atom. The van der Waals surface area contributed by atoms with Gasteiger partial charge in [-0.3, -0.25) is 0 Å². The average Bonchev–Trinajstić information content (AvgIpc) is 2.88. The molecule has 5 atom stereocenters. The molecule has 0 saturated carbocycles. The fraction of sp³-hybridized carbons (Fsp3) is 0.667. The van der Waals surface area contributed by atoms with Crippen LogP contribution in [0.1, 0.15) is 39.3 Å². The zero-order valence-corrected chi connectivity index (χ0v) is 25.1. The van der Waals surface area contributed by atoms with E-state index < -0.39 is 60.5 Å². The molecule has 4 rings (SSSR count). The molecule has 2 aliphatic rings. The number of primary sulfonamides is 2. The third-order valence-electron chi connectivity index (χ3n) is 7.02. The van der Waals surface area contributed by atoms with Crippen LogP contribution in [0.3, 0.4) is 0 Å². The fourth-order valence-electron chi connectivity index (χ4n) is 5.21. The van der Waals surface area contributed by atoms with E-state index >= 15 is 0 Å². The Morgan fingerprint density at radius 3 is 1.86 bits per heavy atom. The van der Waals surface area contributed by atoms with Gasteiger partial charge >= 0.3 is 0 Å². The van der Waals surface area contributed by atoms with E-state index in [2.05, 4.69) is 19.9 Å². The Balaban J connectivity index is 1.49. The molecule has 42 heavy (non-hydrogen) atoms. The van der Waals surface area contributed by atoms with Crippen LogP contribution in [0, 0.1) is 11.6 Å². The fourth-order valence-corrected chi connectivity index (χ4v) is 6.95. The molecule has 0 amide bonds. The number of nitrogens with two attached hydrogens (primary N) is 2.